The number of aromatic nitrogens is 3. The van der Waals surface area contributed by atoms with Crippen LogP contribution in [-0.2, 0) is 11.2 Å². The van der Waals surface area contributed by atoms with E-state index in [-0.39, 0.29) is 11.7 Å². The Kier molecular flexibility index (Phi) is 6.96. The van der Waals surface area contributed by atoms with Gasteiger partial charge in [-0.15, -0.1) is 10.2 Å². The standard InChI is InChI=1S/C22H18Cl2N4O2S/c23-16-6-3-5-15(13-16)10-11-25-20(29)14-31-22-27-26-21(19-9-4-12-30-19)28(22)18-8-2-1-7-17(18)24/h1-9,12-13H,10-11,14H2,(H,25,29). The van der Waals surface area contributed by atoms with Gasteiger partial charge in [0.1, 0.15) is 0 Å². The summed E-state index contributed by atoms with van der Waals surface area (Å²) in [5.41, 5.74) is 1.78. The zero-order valence-corrected chi connectivity index (χ0v) is 18.6. The molecule has 0 unspecified atom stereocenters. The van der Waals surface area contributed by atoms with E-state index >= 15 is 0 Å². The lowest BCUT2D eigenvalue weighted by atomic mass is 10.1. The van der Waals surface area contributed by atoms with Crippen molar-refractivity contribution in [2.45, 2.75) is 11.6 Å². The van der Waals surface area contributed by atoms with E-state index in [1.807, 2.05) is 42.5 Å². The van der Waals surface area contributed by atoms with Crippen LogP contribution in [0.15, 0.2) is 76.5 Å². The van der Waals surface area contributed by atoms with Crippen LogP contribution in [0.2, 0.25) is 10.0 Å². The van der Waals surface area contributed by atoms with Crippen LogP contribution in [0.1, 0.15) is 5.56 Å². The molecule has 2 heterocycles. The second-order valence-electron chi connectivity index (χ2n) is 6.59. The molecule has 0 bridgehead atoms. The van der Waals surface area contributed by atoms with Crippen molar-refractivity contribution in [2.24, 2.45) is 0 Å². The fourth-order valence-electron chi connectivity index (χ4n) is 3.00. The van der Waals surface area contributed by atoms with Crippen LogP contribution in [0.25, 0.3) is 17.3 Å². The Morgan fingerprint density at radius 1 is 1.06 bits per heavy atom. The maximum Gasteiger partial charge on any atom is 0.230 e. The van der Waals surface area contributed by atoms with Crippen molar-refractivity contribution in [3.63, 3.8) is 0 Å². The number of carbonyl (C=O) groups is 1. The summed E-state index contributed by atoms with van der Waals surface area (Å²) in [5, 5.41) is 13.2. The third-order valence-electron chi connectivity index (χ3n) is 4.43. The van der Waals surface area contributed by atoms with E-state index in [2.05, 4.69) is 15.5 Å². The molecular formula is C22H18Cl2N4O2S. The van der Waals surface area contributed by atoms with Crippen LogP contribution < -0.4 is 5.32 Å². The van der Waals surface area contributed by atoms with Crippen LogP contribution >= 0.6 is 35.0 Å². The van der Waals surface area contributed by atoms with E-state index in [9.17, 15) is 4.79 Å². The number of thioether (sulfide) groups is 1. The second kappa shape index (κ2) is 10.0. The minimum Gasteiger partial charge on any atom is -0.461 e. The van der Waals surface area contributed by atoms with Gasteiger partial charge in [-0.3, -0.25) is 9.36 Å². The highest BCUT2D eigenvalue weighted by molar-refractivity contribution is 7.99. The lowest BCUT2D eigenvalue weighted by Crippen LogP contribution is -2.27. The number of carbonyl (C=O) groups excluding carboxylic acids is 1. The molecule has 0 aliphatic heterocycles. The molecule has 0 aliphatic carbocycles. The van der Waals surface area contributed by atoms with Crippen molar-refractivity contribution in [3.05, 3.63) is 82.5 Å². The molecule has 6 nitrogen and oxygen atoms in total. The average molecular weight is 473 g/mol. The number of benzene rings is 2. The number of hydrogen-bond donors (Lipinski definition) is 1. The molecule has 0 fully saturated rings. The maximum atomic E-state index is 12.4. The summed E-state index contributed by atoms with van der Waals surface area (Å²) in [6.45, 7) is 0.522. The van der Waals surface area contributed by atoms with Gasteiger partial charge in [0, 0.05) is 11.6 Å². The SMILES string of the molecule is O=C(CSc1nnc(-c2ccco2)n1-c1ccccc1Cl)NCCc1cccc(Cl)c1. The highest BCUT2D eigenvalue weighted by Gasteiger charge is 2.20. The van der Waals surface area contributed by atoms with Gasteiger partial charge in [0.25, 0.3) is 0 Å². The Labute approximate surface area is 193 Å². The zero-order valence-electron chi connectivity index (χ0n) is 16.3. The van der Waals surface area contributed by atoms with E-state index in [0.717, 1.165) is 5.56 Å². The molecule has 2 aromatic carbocycles. The second-order valence-corrected chi connectivity index (χ2v) is 8.37. The summed E-state index contributed by atoms with van der Waals surface area (Å²) in [6.07, 6.45) is 2.27. The van der Waals surface area contributed by atoms with Gasteiger partial charge in [-0.1, -0.05) is 59.2 Å². The monoisotopic (exact) mass is 472 g/mol. The molecule has 4 aromatic rings. The fourth-order valence-corrected chi connectivity index (χ4v) is 4.21. The van der Waals surface area contributed by atoms with E-state index in [0.29, 0.717) is 45.4 Å². The average Bonchev–Trinajstić information content (AvgIpc) is 3.42. The molecular weight excluding hydrogens is 455 g/mol. The molecule has 1 amide bonds. The number of nitrogens with zero attached hydrogens (tertiary/aromatic N) is 3. The number of halogens is 2. The highest BCUT2D eigenvalue weighted by Crippen LogP contribution is 2.31. The number of hydrogen-bond acceptors (Lipinski definition) is 5. The first-order valence-electron chi connectivity index (χ1n) is 9.50. The van der Waals surface area contributed by atoms with Crippen molar-refractivity contribution in [1.82, 2.24) is 20.1 Å². The van der Waals surface area contributed by atoms with E-state index in [1.54, 1.807) is 29.0 Å². The molecule has 0 spiro atoms. The van der Waals surface area contributed by atoms with Crippen molar-refractivity contribution in [2.75, 3.05) is 12.3 Å². The lowest BCUT2D eigenvalue weighted by molar-refractivity contribution is -0.118. The topological polar surface area (TPSA) is 73.0 Å². The molecule has 2 aromatic heterocycles. The first-order valence-corrected chi connectivity index (χ1v) is 11.2. The lowest BCUT2D eigenvalue weighted by Gasteiger charge is -2.11. The largest absolute Gasteiger partial charge is 0.461 e. The highest BCUT2D eigenvalue weighted by atomic mass is 35.5. The zero-order chi connectivity index (χ0) is 21.6. The van der Waals surface area contributed by atoms with E-state index in [4.69, 9.17) is 27.6 Å². The van der Waals surface area contributed by atoms with Gasteiger partial charge in [-0.25, -0.2) is 0 Å². The third kappa shape index (κ3) is 5.31. The van der Waals surface area contributed by atoms with Crippen LogP contribution in [0.5, 0.6) is 0 Å². The van der Waals surface area contributed by atoms with Gasteiger partial charge < -0.3 is 9.73 Å². The first-order chi connectivity index (χ1) is 15.1. The van der Waals surface area contributed by atoms with Gasteiger partial charge >= 0.3 is 0 Å². The predicted octanol–water partition coefficient (Wildman–Crippen LogP) is 5.29. The molecule has 9 heteroatoms. The smallest absolute Gasteiger partial charge is 0.230 e. The first kappa shape index (κ1) is 21.5. The van der Waals surface area contributed by atoms with E-state index < -0.39 is 0 Å². The number of furan rings is 1. The number of rotatable bonds is 8. The molecule has 1 N–H and O–H groups in total. The van der Waals surface area contributed by atoms with Gasteiger partial charge in [-0.05, 0) is 48.4 Å². The van der Waals surface area contributed by atoms with Crippen molar-refractivity contribution < 1.29 is 9.21 Å². The minimum atomic E-state index is -0.0970. The summed E-state index contributed by atoms with van der Waals surface area (Å²) in [5.74, 6) is 1.17. The van der Waals surface area contributed by atoms with Gasteiger partial charge in [0.05, 0.1) is 22.7 Å². The van der Waals surface area contributed by atoms with Crippen molar-refractivity contribution in [1.29, 1.82) is 0 Å². The molecule has 0 radical (unpaired) electrons. The Bertz CT molecular complexity index is 1180. The number of nitrogens with one attached hydrogen (secondary N) is 1. The molecule has 0 saturated carbocycles. The summed E-state index contributed by atoms with van der Waals surface area (Å²) in [6, 6.07) is 18.6. The van der Waals surface area contributed by atoms with Crippen LogP contribution in [0.4, 0.5) is 0 Å². The number of amides is 1. The Morgan fingerprint density at radius 2 is 1.94 bits per heavy atom. The summed E-state index contributed by atoms with van der Waals surface area (Å²) < 4.78 is 7.30. The fraction of sp³-hybridized carbons (Fsp3) is 0.136. The predicted molar refractivity (Wildman–Crippen MR) is 123 cm³/mol. The van der Waals surface area contributed by atoms with E-state index in [1.165, 1.54) is 11.8 Å². The quantitative estimate of drug-likeness (QED) is 0.353. The Balaban J connectivity index is 1.45. The summed E-state index contributed by atoms with van der Waals surface area (Å²) in [4.78, 5) is 12.4. The van der Waals surface area contributed by atoms with Crippen molar-refractivity contribution in [3.8, 4) is 17.3 Å². The molecule has 0 saturated heterocycles. The molecule has 0 atom stereocenters. The molecule has 31 heavy (non-hydrogen) atoms. The van der Waals surface area contributed by atoms with Gasteiger partial charge in [0.2, 0.25) is 11.7 Å². The van der Waals surface area contributed by atoms with Crippen LogP contribution in [0.3, 0.4) is 0 Å². The van der Waals surface area contributed by atoms with Crippen molar-refractivity contribution >= 4 is 40.9 Å². The summed E-state index contributed by atoms with van der Waals surface area (Å²) >= 11 is 13.7. The van der Waals surface area contributed by atoms with Crippen LogP contribution in [0, 0.1) is 0 Å². The normalized spacial score (nSPS) is 10.9. The minimum absolute atomic E-state index is 0.0970. The number of para-hydroxylation sites is 1. The molecule has 0 aliphatic rings. The maximum absolute atomic E-state index is 12.4. The third-order valence-corrected chi connectivity index (χ3v) is 5.91. The Morgan fingerprint density at radius 3 is 2.71 bits per heavy atom. The summed E-state index contributed by atoms with van der Waals surface area (Å²) in [7, 11) is 0. The Hall–Kier alpha value is -2.74. The molecule has 4 rings (SSSR count). The molecule has 158 valence electrons. The van der Waals surface area contributed by atoms with Gasteiger partial charge in [-0.2, -0.15) is 0 Å². The van der Waals surface area contributed by atoms with Crippen LogP contribution in [-0.4, -0.2) is 33.0 Å². The van der Waals surface area contributed by atoms with Gasteiger partial charge in [0.15, 0.2) is 10.9 Å².